The highest BCUT2D eigenvalue weighted by Gasteiger charge is 2.32. The van der Waals surface area contributed by atoms with Crippen LogP contribution in [0.4, 0.5) is 4.79 Å². The van der Waals surface area contributed by atoms with Crippen molar-refractivity contribution in [1.82, 2.24) is 9.88 Å². The summed E-state index contributed by atoms with van der Waals surface area (Å²) < 4.78 is 6.51. The zero-order valence-electron chi connectivity index (χ0n) is 14.5. The van der Waals surface area contributed by atoms with E-state index < -0.39 is 0 Å². The average Bonchev–Trinajstić information content (AvgIpc) is 2.92. The standard InChI is InChI=1S/C20H13BrN2O4S/c1-23-19(25)18(28-20(23)26)9-11-8-17(15(24)10-13(11)21)27-16-6-2-5-14-12(16)4-3-7-22-14/h2-10,24H,1H3/b18-9-. The molecule has 0 saturated carbocycles. The van der Waals surface area contributed by atoms with Gasteiger partial charge < -0.3 is 9.84 Å². The number of aromatic hydroxyl groups is 1. The molecule has 1 aliphatic rings. The number of fused-ring (bicyclic) bond motifs is 1. The molecular weight excluding hydrogens is 444 g/mol. The maximum absolute atomic E-state index is 12.1. The first-order valence-corrected chi connectivity index (χ1v) is 9.80. The topological polar surface area (TPSA) is 79.7 Å². The van der Waals surface area contributed by atoms with Crippen molar-refractivity contribution in [2.45, 2.75) is 0 Å². The van der Waals surface area contributed by atoms with E-state index in [0.29, 0.717) is 20.7 Å². The molecule has 1 N–H and O–H groups in total. The van der Waals surface area contributed by atoms with Crippen molar-refractivity contribution in [3.8, 4) is 17.2 Å². The summed E-state index contributed by atoms with van der Waals surface area (Å²) in [7, 11) is 1.44. The minimum absolute atomic E-state index is 0.0616. The van der Waals surface area contributed by atoms with Gasteiger partial charge in [-0.25, -0.2) is 0 Å². The van der Waals surface area contributed by atoms with Gasteiger partial charge in [0.15, 0.2) is 11.5 Å². The van der Waals surface area contributed by atoms with Crippen molar-refractivity contribution >= 4 is 55.8 Å². The number of carbonyl (C=O) groups excluding carboxylic acids is 2. The van der Waals surface area contributed by atoms with Crippen LogP contribution >= 0.6 is 27.7 Å². The van der Waals surface area contributed by atoms with Crippen molar-refractivity contribution in [3.05, 3.63) is 63.6 Å². The van der Waals surface area contributed by atoms with Gasteiger partial charge in [-0.15, -0.1) is 0 Å². The molecule has 28 heavy (non-hydrogen) atoms. The summed E-state index contributed by atoms with van der Waals surface area (Å²) >= 11 is 4.24. The van der Waals surface area contributed by atoms with Crippen LogP contribution in [0, 0.1) is 0 Å². The van der Waals surface area contributed by atoms with E-state index in [1.165, 1.54) is 13.1 Å². The molecule has 4 rings (SSSR count). The van der Waals surface area contributed by atoms with Gasteiger partial charge in [-0.1, -0.05) is 22.0 Å². The van der Waals surface area contributed by atoms with E-state index >= 15 is 0 Å². The fraction of sp³-hybridized carbons (Fsp3) is 0.0500. The van der Waals surface area contributed by atoms with Crippen LogP contribution in [0.25, 0.3) is 17.0 Å². The van der Waals surface area contributed by atoms with E-state index in [-0.39, 0.29) is 22.6 Å². The van der Waals surface area contributed by atoms with Crippen molar-refractivity contribution < 1.29 is 19.4 Å². The number of benzene rings is 2. The average molecular weight is 457 g/mol. The molecule has 8 heteroatoms. The molecule has 6 nitrogen and oxygen atoms in total. The number of likely N-dealkylation sites (N-methyl/N-ethyl adjacent to an activating group) is 1. The van der Waals surface area contributed by atoms with Crippen LogP contribution in [-0.4, -0.2) is 33.2 Å². The van der Waals surface area contributed by atoms with E-state index in [9.17, 15) is 14.7 Å². The number of nitrogens with zero attached hydrogens (tertiary/aromatic N) is 2. The smallest absolute Gasteiger partial charge is 0.293 e. The summed E-state index contributed by atoms with van der Waals surface area (Å²) in [4.78, 5) is 29.5. The van der Waals surface area contributed by atoms with E-state index in [0.717, 1.165) is 27.6 Å². The Morgan fingerprint density at radius 1 is 1.18 bits per heavy atom. The van der Waals surface area contributed by atoms with E-state index in [1.54, 1.807) is 24.4 Å². The second kappa shape index (κ2) is 7.29. The summed E-state index contributed by atoms with van der Waals surface area (Å²) in [5.41, 5.74) is 1.37. The number of imide groups is 1. The SMILES string of the molecule is CN1C(=O)S/C(=C\c2cc(Oc3cccc4ncccc34)c(O)cc2Br)C1=O. The number of pyridine rings is 1. The molecule has 1 aromatic heterocycles. The third kappa shape index (κ3) is 3.36. The normalized spacial score (nSPS) is 15.6. The number of carbonyl (C=O) groups is 2. The monoisotopic (exact) mass is 456 g/mol. The number of phenolic OH excluding ortho intramolecular Hbond substituents is 1. The number of rotatable bonds is 3. The van der Waals surface area contributed by atoms with Crippen LogP contribution in [0.15, 0.2) is 58.0 Å². The molecular formula is C20H13BrN2O4S. The highest BCUT2D eigenvalue weighted by molar-refractivity contribution is 9.10. The van der Waals surface area contributed by atoms with Crippen LogP contribution in [-0.2, 0) is 4.79 Å². The fourth-order valence-corrected chi connectivity index (χ4v) is 3.98. The lowest BCUT2D eigenvalue weighted by Crippen LogP contribution is -2.22. The number of amides is 2. The van der Waals surface area contributed by atoms with Gasteiger partial charge in [0.1, 0.15) is 5.75 Å². The van der Waals surface area contributed by atoms with Crippen molar-refractivity contribution in [2.24, 2.45) is 0 Å². The molecule has 0 spiro atoms. The molecule has 1 aliphatic heterocycles. The minimum Gasteiger partial charge on any atom is -0.504 e. The number of thioether (sulfide) groups is 1. The lowest BCUT2D eigenvalue weighted by molar-refractivity contribution is -0.121. The van der Waals surface area contributed by atoms with Gasteiger partial charge >= 0.3 is 0 Å². The first kappa shape index (κ1) is 18.5. The lowest BCUT2D eigenvalue weighted by Gasteiger charge is -2.12. The minimum atomic E-state index is -0.363. The molecule has 140 valence electrons. The Morgan fingerprint density at radius 2 is 2.00 bits per heavy atom. The second-order valence-corrected chi connectivity index (χ2v) is 7.86. The molecule has 0 radical (unpaired) electrons. The molecule has 2 amide bonds. The Kier molecular flexibility index (Phi) is 4.82. The van der Waals surface area contributed by atoms with E-state index in [1.807, 2.05) is 24.3 Å². The van der Waals surface area contributed by atoms with Crippen molar-refractivity contribution in [3.63, 3.8) is 0 Å². The van der Waals surface area contributed by atoms with Crippen molar-refractivity contribution in [2.75, 3.05) is 7.05 Å². The fourth-order valence-electron chi connectivity index (χ4n) is 2.72. The van der Waals surface area contributed by atoms with Gasteiger partial charge in [-0.2, -0.15) is 0 Å². The van der Waals surface area contributed by atoms with Gasteiger partial charge in [0.05, 0.1) is 10.4 Å². The maximum Gasteiger partial charge on any atom is 0.293 e. The summed E-state index contributed by atoms with van der Waals surface area (Å²) in [6, 6.07) is 12.3. The highest BCUT2D eigenvalue weighted by Crippen LogP contribution is 2.40. The third-order valence-corrected chi connectivity index (χ3v) is 5.82. The molecule has 0 aliphatic carbocycles. The Bertz CT molecular complexity index is 1160. The van der Waals surface area contributed by atoms with E-state index in [2.05, 4.69) is 20.9 Å². The number of hydrogen-bond acceptors (Lipinski definition) is 6. The van der Waals surface area contributed by atoms with Crippen LogP contribution in [0.2, 0.25) is 0 Å². The number of hydrogen-bond donors (Lipinski definition) is 1. The first-order valence-electron chi connectivity index (χ1n) is 8.19. The molecule has 0 bridgehead atoms. The van der Waals surface area contributed by atoms with Gasteiger partial charge in [0.2, 0.25) is 0 Å². The zero-order valence-corrected chi connectivity index (χ0v) is 17.0. The van der Waals surface area contributed by atoms with Crippen LogP contribution in [0.5, 0.6) is 17.2 Å². The summed E-state index contributed by atoms with van der Waals surface area (Å²) in [5.74, 6) is 0.343. The van der Waals surface area contributed by atoms with Gasteiger partial charge in [-0.3, -0.25) is 19.5 Å². The van der Waals surface area contributed by atoms with Crippen molar-refractivity contribution in [1.29, 1.82) is 0 Å². The van der Waals surface area contributed by atoms with Gasteiger partial charge in [0.25, 0.3) is 11.1 Å². The Balaban J connectivity index is 1.74. The number of phenols is 1. The maximum atomic E-state index is 12.1. The molecule has 0 atom stereocenters. The number of ether oxygens (including phenoxy) is 1. The van der Waals surface area contributed by atoms with Gasteiger partial charge in [0, 0.05) is 23.1 Å². The quantitative estimate of drug-likeness (QED) is 0.548. The number of halogens is 1. The third-order valence-electron chi connectivity index (χ3n) is 4.18. The molecule has 3 aromatic rings. The largest absolute Gasteiger partial charge is 0.504 e. The van der Waals surface area contributed by atoms with Crippen LogP contribution in [0.1, 0.15) is 5.56 Å². The summed E-state index contributed by atoms with van der Waals surface area (Å²) in [6.07, 6.45) is 3.29. The Morgan fingerprint density at radius 3 is 2.75 bits per heavy atom. The Labute approximate surface area is 173 Å². The molecule has 1 saturated heterocycles. The zero-order chi connectivity index (χ0) is 19.8. The molecule has 2 heterocycles. The number of aromatic nitrogens is 1. The first-order chi connectivity index (χ1) is 13.4. The molecule has 0 unspecified atom stereocenters. The molecule has 2 aromatic carbocycles. The summed E-state index contributed by atoms with van der Waals surface area (Å²) in [5, 5.41) is 10.8. The Hall–Kier alpha value is -2.84. The lowest BCUT2D eigenvalue weighted by atomic mass is 10.1. The van der Waals surface area contributed by atoms with Crippen LogP contribution in [0.3, 0.4) is 0 Å². The summed E-state index contributed by atoms with van der Waals surface area (Å²) in [6.45, 7) is 0. The van der Waals surface area contributed by atoms with Gasteiger partial charge in [-0.05, 0) is 59.8 Å². The predicted octanol–water partition coefficient (Wildman–Crippen LogP) is 5.16. The molecule has 1 fully saturated rings. The van der Waals surface area contributed by atoms with Crippen LogP contribution < -0.4 is 4.74 Å². The highest BCUT2D eigenvalue weighted by atomic mass is 79.9. The van der Waals surface area contributed by atoms with E-state index in [4.69, 9.17) is 4.74 Å². The predicted molar refractivity (Wildman–Crippen MR) is 111 cm³/mol. The second-order valence-electron chi connectivity index (χ2n) is 6.01.